The maximum atomic E-state index is 5.55. The Balaban J connectivity index is 0.000000394. The minimum atomic E-state index is -0.0543. The van der Waals surface area contributed by atoms with Gasteiger partial charge in [-0.05, 0) is 81.1 Å². The average Bonchev–Trinajstić information content (AvgIpc) is 3.03. The largest absolute Gasteiger partial charge is 0.376 e. The molecule has 0 N–H and O–H groups in total. The fraction of sp³-hybridized carbons (Fsp3) is 1.00. The minimum Gasteiger partial charge on any atom is -0.376 e. The molecule has 0 amide bonds. The van der Waals surface area contributed by atoms with E-state index in [1.165, 1.54) is 12.8 Å². The zero-order valence-corrected chi connectivity index (χ0v) is 15.8. The fourth-order valence-electron chi connectivity index (χ4n) is 1.35. The van der Waals surface area contributed by atoms with E-state index in [-0.39, 0.29) is 16.8 Å². The van der Waals surface area contributed by atoms with Gasteiger partial charge in [-0.1, -0.05) is 0 Å². The molecule has 0 saturated heterocycles. The van der Waals surface area contributed by atoms with E-state index in [4.69, 9.17) is 14.2 Å². The van der Waals surface area contributed by atoms with E-state index in [0.29, 0.717) is 13.2 Å². The van der Waals surface area contributed by atoms with Gasteiger partial charge in [-0.3, -0.25) is 0 Å². The summed E-state index contributed by atoms with van der Waals surface area (Å²) in [4.78, 5) is 0. The van der Waals surface area contributed by atoms with Crippen molar-refractivity contribution < 1.29 is 14.2 Å². The van der Waals surface area contributed by atoms with Gasteiger partial charge in [-0.2, -0.15) is 0 Å². The van der Waals surface area contributed by atoms with E-state index in [1.54, 1.807) is 0 Å². The van der Waals surface area contributed by atoms with Gasteiger partial charge in [0, 0.05) is 0 Å². The van der Waals surface area contributed by atoms with Gasteiger partial charge in [0.15, 0.2) is 0 Å². The first-order valence-corrected chi connectivity index (χ1v) is 8.20. The molecule has 1 rings (SSSR count). The Labute approximate surface area is 132 Å². The van der Waals surface area contributed by atoms with Crippen molar-refractivity contribution in [1.82, 2.24) is 0 Å². The highest BCUT2D eigenvalue weighted by molar-refractivity contribution is 4.73. The first kappa shape index (κ1) is 20.9. The molecule has 0 spiro atoms. The van der Waals surface area contributed by atoms with E-state index in [2.05, 4.69) is 20.8 Å². The molecule has 0 atom stereocenters. The molecule has 1 fully saturated rings. The van der Waals surface area contributed by atoms with Crippen LogP contribution in [-0.2, 0) is 14.2 Å². The molecular formula is C18H38O3. The summed E-state index contributed by atoms with van der Waals surface area (Å²) >= 11 is 0. The van der Waals surface area contributed by atoms with E-state index in [0.717, 1.165) is 12.5 Å². The highest BCUT2D eigenvalue weighted by Gasteiger charge is 2.23. The quantitative estimate of drug-likeness (QED) is 0.681. The Morgan fingerprint density at radius 2 is 0.952 bits per heavy atom. The smallest absolute Gasteiger partial charge is 0.0707 e. The van der Waals surface area contributed by atoms with Crippen LogP contribution >= 0.6 is 0 Å². The lowest BCUT2D eigenvalue weighted by molar-refractivity contribution is -0.0719. The van der Waals surface area contributed by atoms with Crippen LogP contribution in [0.25, 0.3) is 0 Å². The lowest BCUT2D eigenvalue weighted by Crippen LogP contribution is -2.26. The van der Waals surface area contributed by atoms with Gasteiger partial charge in [-0.25, -0.2) is 0 Å². The van der Waals surface area contributed by atoms with Crippen molar-refractivity contribution in [2.24, 2.45) is 5.92 Å². The lowest BCUT2D eigenvalue weighted by atomic mass is 10.2. The van der Waals surface area contributed by atoms with Gasteiger partial charge < -0.3 is 14.2 Å². The van der Waals surface area contributed by atoms with Gasteiger partial charge in [0.1, 0.15) is 0 Å². The van der Waals surface area contributed by atoms with Gasteiger partial charge >= 0.3 is 0 Å². The Bertz CT molecular complexity index is 246. The zero-order chi connectivity index (χ0) is 16.7. The second kappa shape index (κ2) is 8.50. The molecule has 0 aromatic heterocycles. The Hall–Kier alpha value is -0.120. The lowest BCUT2D eigenvalue weighted by Gasteiger charge is -2.23. The molecule has 0 aromatic carbocycles. The predicted octanol–water partition coefficient (Wildman–Crippen LogP) is 4.83. The molecular weight excluding hydrogens is 264 g/mol. The summed E-state index contributed by atoms with van der Waals surface area (Å²) in [5.41, 5.74) is -0.0366. The molecule has 0 heterocycles. The van der Waals surface area contributed by atoms with Crippen LogP contribution in [-0.4, -0.2) is 36.6 Å². The van der Waals surface area contributed by atoms with Crippen LogP contribution in [0.15, 0.2) is 0 Å². The van der Waals surface area contributed by atoms with Crippen LogP contribution < -0.4 is 0 Å². The van der Waals surface area contributed by atoms with Crippen LogP contribution in [0, 0.1) is 5.92 Å². The normalized spacial score (nSPS) is 16.4. The van der Waals surface area contributed by atoms with Crippen molar-refractivity contribution in [1.29, 1.82) is 0 Å². The third-order valence-corrected chi connectivity index (χ3v) is 2.60. The number of hydrogen-bond acceptors (Lipinski definition) is 3. The number of rotatable bonds is 5. The minimum absolute atomic E-state index is 0.0543. The van der Waals surface area contributed by atoms with E-state index in [9.17, 15) is 0 Å². The first-order chi connectivity index (χ1) is 9.29. The third-order valence-electron chi connectivity index (χ3n) is 2.60. The first-order valence-electron chi connectivity index (χ1n) is 8.20. The van der Waals surface area contributed by atoms with Crippen molar-refractivity contribution in [2.45, 2.75) is 92.0 Å². The second-order valence-corrected chi connectivity index (χ2v) is 8.79. The monoisotopic (exact) mass is 302 g/mol. The van der Waals surface area contributed by atoms with Gasteiger partial charge in [0.05, 0.1) is 36.6 Å². The van der Waals surface area contributed by atoms with Gasteiger partial charge in [0.2, 0.25) is 0 Å². The molecule has 128 valence electrons. The average molecular weight is 302 g/mol. The maximum absolute atomic E-state index is 5.55. The zero-order valence-electron chi connectivity index (χ0n) is 15.8. The van der Waals surface area contributed by atoms with Crippen LogP contribution in [0.5, 0.6) is 0 Å². The topological polar surface area (TPSA) is 27.7 Å². The summed E-state index contributed by atoms with van der Waals surface area (Å²) in [6.07, 6.45) is 2.77. The maximum Gasteiger partial charge on any atom is 0.0707 e. The van der Waals surface area contributed by atoms with Crippen molar-refractivity contribution in [3.63, 3.8) is 0 Å². The Morgan fingerprint density at radius 1 is 0.619 bits per heavy atom. The summed E-state index contributed by atoms with van der Waals surface area (Å²) in [6, 6.07) is 0. The predicted molar refractivity (Wildman–Crippen MR) is 89.8 cm³/mol. The highest BCUT2D eigenvalue weighted by atomic mass is 16.5. The molecule has 3 nitrogen and oxygen atoms in total. The Kier molecular flexibility index (Phi) is 8.45. The molecule has 1 aliphatic rings. The molecule has 0 aliphatic heterocycles. The van der Waals surface area contributed by atoms with E-state index >= 15 is 0 Å². The van der Waals surface area contributed by atoms with Crippen LogP contribution in [0.3, 0.4) is 0 Å². The summed E-state index contributed by atoms with van der Waals surface area (Å²) in [6.45, 7) is 20.9. The number of ether oxygens (including phenoxy) is 3. The highest BCUT2D eigenvalue weighted by Crippen LogP contribution is 2.30. The molecule has 1 saturated carbocycles. The summed E-state index contributed by atoms with van der Waals surface area (Å²) in [7, 11) is 0. The van der Waals surface area contributed by atoms with Crippen molar-refractivity contribution in [3.8, 4) is 0 Å². The molecule has 0 bridgehead atoms. The second-order valence-electron chi connectivity index (χ2n) is 8.79. The molecule has 3 heteroatoms. The molecule has 1 aliphatic carbocycles. The van der Waals surface area contributed by atoms with Crippen LogP contribution in [0.4, 0.5) is 0 Å². The molecule has 0 radical (unpaired) electrons. The van der Waals surface area contributed by atoms with Crippen molar-refractivity contribution in [3.05, 3.63) is 0 Å². The summed E-state index contributed by atoms with van der Waals surface area (Å²) in [5.74, 6) is 0.893. The van der Waals surface area contributed by atoms with Crippen LogP contribution in [0.1, 0.15) is 75.2 Å². The standard InChI is InChI=1S/C10H22O2.C8H16O/c1-9(2,3)11-7-8-12-10(4,5)6;1-8(2,3)9-6-7-4-5-7/h7-8H2,1-6H3;7H,4-6H2,1-3H3. The molecule has 0 aromatic rings. The third kappa shape index (κ3) is 19.9. The Morgan fingerprint density at radius 3 is 1.19 bits per heavy atom. The van der Waals surface area contributed by atoms with E-state index in [1.807, 2.05) is 41.5 Å². The SMILES string of the molecule is CC(C)(C)OCC1CC1.CC(C)(C)OCCOC(C)(C)C. The summed E-state index contributed by atoms with van der Waals surface area (Å²) in [5, 5.41) is 0. The number of hydrogen-bond donors (Lipinski definition) is 0. The molecule has 0 unspecified atom stereocenters. The van der Waals surface area contributed by atoms with E-state index < -0.39 is 0 Å². The van der Waals surface area contributed by atoms with Crippen molar-refractivity contribution in [2.75, 3.05) is 19.8 Å². The van der Waals surface area contributed by atoms with Crippen molar-refractivity contribution >= 4 is 0 Å². The van der Waals surface area contributed by atoms with Crippen LogP contribution in [0.2, 0.25) is 0 Å². The summed E-state index contributed by atoms with van der Waals surface area (Å²) < 4.78 is 16.6. The van der Waals surface area contributed by atoms with Gasteiger partial charge in [-0.15, -0.1) is 0 Å². The molecule has 21 heavy (non-hydrogen) atoms. The van der Waals surface area contributed by atoms with Gasteiger partial charge in [0.25, 0.3) is 0 Å². The fourth-order valence-corrected chi connectivity index (χ4v) is 1.35.